The summed E-state index contributed by atoms with van der Waals surface area (Å²) in [5.41, 5.74) is 10.1. The van der Waals surface area contributed by atoms with Gasteiger partial charge in [0.2, 0.25) is 0 Å². The highest BCUT2D eigenvalue weighted by molar-refractivity contribution is 6.06. The smallest absolute Gasteiger partial charge is 0.344 e. The Balaban J connectivity index is 1.56. The van der Waals surface area contributed by atoms with Gasteiger partial charge < -0.3 is 29.4 Å². The zero-order chi connectivity index (χ0) is 30.6. The maximum Gasteiger partial charge on any atom is 0.344 e. The average Bonchev–Trinajstić information content (AvgIpc) is 3.39. The van der Waals surface area contributed by atoms with Crippen molar-refractivity contribution in [3.8, 4) is 5.75 Å². The molecular weight excluding hydrogens is 544 g/mol. The summed E-state index contributed by atoms with van der Waals surface area (Å²) in [6, 6.07) is 16.0. The lowest BCUT2D eigenvalue weighted by Gasteiger charge is -2.27. The van der Waals surface area contributed by atoms with Crippen LogP contribution in [0.25, 0.3) is 21.9 Å². The van der Waals surface area contributed by atoms with Crippen molar-refractivity contribution in [2.45, 2.75) is 46.7 Å². The molecule has 0 aliphatic rings. The number of imidazole rings is 1. The SMILES string of the molecule is CCOC(=O)COc1ccccc1CN(CCCn1c(CCOC)nc2c(N)nc3ccccc3c21)CCN(CC)CC. The van der Waals surface area contributed by atoms with E-state index in [1.807, 2.05) is 36.4 Å². The van der Waals surface area contributed by atoms with Gasteiger partial charge in [0.05, 0.1) is 24.2 Å². The third-order valence-electron chi connectivity index (χ3n) is 7.72. The lowest BCUT2D eigenvalue weighted by atomic mass is 10.1. The highest BCUT2D eigenvalue weighted by Crippen LogP contribution is 2.29. The molecule has 0 aliphatic carbocycles. The molecule has 0 bridgehead atoms. The Kier molecular flexibility index (Phi) is 12.1. The van der Waals surface area contributed by atoms with Crippen LogP contribution in [0.2, 0.25) is 0 Å². The van der Waals surface area contributed by atoms with E-state index < -0.39 is 0 Å². The van der Waals surface area contributed by atoms with Crippen LogP contribution >= 0.6 is 0 Å². The van der Waals surface area contributed by atoms with Crippen molar-refractivity contribution in [3.63, 3.8) is 0 Å². The number of para-hydroxylation sites is 2. The van der Waals surface area contributed by atoms with Gasteiger partial charge in [-0.25, -0.2) is 14.8 Å². The second-order valence-electron chi connectivity index (χ2n) is 10.5. The van der Waals surface area contributed by atoms with Crippen molar-refractivity contribution >= 4 is 33.7 Å². The summed E-state index contributed by atoms with van der Waals surface area (Å²) in [5.74, 6) is 1.75. The Morgan fingerprint density at radius 2 is 1.70 bits per heavy atom. The van der Waals surface area contributed by atoms with Crippen molar-refractivity contribution in [1.29, 1.82) is 0 Å². The number of ether oxygens (including phenoxy) is 3. The number of carbonyl (C=O) groups excluding carboxylic acids is 1. The van der Waals surface area contributed by atoms with Crippen LogP contribution in [0.4, 0.5) is 5.82 Å². The summed E-state index contributed by atoms with van der Waals surface area (Å²) in [4.78, 5) is 26.4. The van der Waals surface area contributed by atoms with Gasteiger partial charge in [-0.1, -0.05) is 50.2 Å². The minimum atomic E-state index is -0.365. The molecule has 2 aromatic heterocycles. The van der Waals surface area contributed by atoms with Crippen molar-refractivity contribution in [1.82, 2.24) is 24.3 Å². The molecule has 4 aromatic rings. The molecule has 2 aromatic carbocycles. The molecule has 0 aliphatic heterocycles. The minimum Gasteiger partial charge on any atom is -0.482 e. The zero-order valence-corrected chi connectivity index (χ0v) is 26.1. The van der Waals surface area contributed by atoms with Gasteiger partial charge in [0.1, 0.15) is 17.1 Å². The van der Waals surface area contributed by atoms with Crippen molar-refractivity contribution in [3.05, 3.63) is 59.9 Å². The van der Waals surface area contributed by atoms with E-state index in [0.717, 1.165) is 79.0 Å². The first-order valence-electron chi connectivity index (χ1n) is 15.3. The van der Waals surface area contributed by atoms with Gasteiger partial charge in [0, 0.05) is 57.2 Å². The third kappa shape index (κ3) is 8.43. The number of hydrogen-bond acceptors (Lipinski definition) is 9. The van der Waals surface area contributed by atoms with Crippen LogP contribution in [0.5, 0.6) is 5.75 Å². The van der Waals surface area contributed by atoms with Crippen molar-refractivity contribution in [2.75, 3.05) is 65.4 Å². The number of hydrogen-bond donors (Lipinski definition) is 1. The van der Waals surface area contributed by atoms with Gasteiger partial charge in [-0.2, -0.15) is 0 Å². The first-order chi connectivity index (χ1) is 21.0. The van der Waals surface area contributed by atoms with Crippen molar-refractivity contribution < 1.29 is 19.0 Å². The molecule has 0 spiro atoms. The number of nitrogens with two attached hydrogens (primary N) is 1. The maximum absolute atomic E-state index is 11.9. The standard InChI is InChI=1S/C33H46N6O4/c1-5-37(6-2)20-21-38(23-25-13-8-11-16-28(25)43-24-30(40)42-7-3)18-12-19-39-29(17-22-41-4)36-31-32(39)26-14-9-10-15-27(26)35-33(31)34/h8-11,13-16H,5-7,12,17-24H2,1-4H3,(H2,34,35). The van der Waals surface area contributed by atoms with E-state index in [1.165, 1.54) is 0 Å². The second kappa shape index (κ2) is 16.2. The fourth-order valence-electron chi connectivity index (χ4n) is 5.43. The topological polar surface area (TPSA) is 108 Å². The normalized spacial score (nSPS) is 11.7. The van der Waals surface area contributed by atoms with Crippen LogP contribution in [0.3, 0.4) is 0 Å². The monoisotopic (exact) mass is 590 g/mol. The van der Waals surface area contributed by atoms with Gasteiger partial charge in [-0.15, -0.1) is 0 Å². The molecule has 2 N–H and O–H groups in total. The van der Waals surface area contributed by atoms with E-state index in [9.17, 15) is 4.79 Å². The Bertz CT molecular complexity index is 1470. The van der Waals surface area contributed by atoms with E-state index in [-0.39, 0.29) is 12.6 Å². The molecular formula is C33H46N6O4. The number of aryl methyl sites for hydroxylation is 1. The van der Waals surface area contributed by atoms with Gasteiger partial charge >= 0.3 is 5.97 Å². The highest BCUT2D eigenvalue weighted by Gasteiger charge is 2.18. The first-order valence-corrected chi connectivity index (χ1v) is 15.3. The number of fused-ring (bicyclic) bond motifs is 3. The van der Waals surface area contributed by atoms with Gasteiger partial charge in [0.25, 0.3) is 0 Å². The maximum atomic E-state index is 11.9. The number of nitrogen functional groups attached to an aromatic ring is 1. The number of rotatable bonds is 18. The van der Waals surface area contributed by atoms with Crippen LogP contribution in [0.15, 0.2) is 48.5 Å². The van der Waals surface area contributed by atoms with Crippen LogP contribution in [-0.4, -0.2) is 90.0 Å². The lowest BCUT2D eigenvalue weighted by molar-refractivity contribution is -0.145. The van der Waals surface area contributed by atoms with Crippen LogP contribution in [-0.2, 0) is 33.8 Å². The molecule has 2 heterocycles. The molecule has 0 radical (unpaired) electrons. The molecule has 0 saturated heterocycles. The number of nitrogens with zero attached hydrogens (tertiary/aromatic N) is 5. The second-order valence-corrected chi connectivity index (χ2v) is 10.5. The Labute approximate surface area is 254 Å². The summed E-state index contributed by atoms with van der Waals surface area (Å²) in [5, 5.41) is 1.05. The predicted octanol–water partition coefficient (Wildman–Crippen LogP) is 4.53. The molecule has 0 saturated carbocycles. The first kappa shape index (κ1) is 32.2. The Morgan fingerprint density at radius 1 is 0.953 bits per heavy atom. The van der Waals surface area contributed by atoms with E-state index in [4.69, 9.17) is 24.9 Å². The molecule has 0 atom stereocenters. The lowest BCUT2D eigenvalue weighted by Crippen LogP contribution is -2.35. The summed E-state index contributed by atoms with van der Waals surface area (Å²) in [7, 11) is 1.71. The van der Waals surface area contributed by atoms with Gasteiger partial charge in [0.15, 0.2) is 12.4 Å². The minimum absolute atomic E-state index is 0.103. The molecule has 0 amide bonds. The van der Waals surface area contributed by atoms with Crippen LogP contribution in [0, 0.1) is 0 Å². The Morgan fingerprint density at radius 3 is 2.47 bits per heavy atom. The molecule has 0 fully saturated rings. The Hall–Kier alpha value is -3.73. The van der Waals surface area contributed by atoms with E-state index in [0.29, 0.717) is 37.7 Å². The van der Waals surface area contributed by atoms with Gasteiger partial charge in [-0.3, -0.25) is 4.90 Å². The molecule has 10 heteroatoms. The van der Waals surface area contributed by atoms with Gasteiger partial charge in [-0.05, 0) is 38.6 Å². The van der Waals surface area contributed by atoms with E-state index in [1.54, 1.807) is 14.0 Å². The highest BCUT2D eigenvalue weighted by atomic mass is 16.6. The molecule has 0 unspecified atom stereocenters. The largest absolute Gasteiger partial charge is 0.482 e. The quantitative estimate of drug-likeness (QED) is 0.167. The summed E-state index contributed by atoms with van der Waals surface area (Å²) < 4.78 is 18.6. The molecule has 232 valence electrons. The fourth-order valence-corrected chi connectivity index (χ4v) is 5.43. The number of aromatic nitrogens is 3. The number of anilines is 1. The third-order valence-corrected chi connectivity index (χ3v) is 7.72. The number of benzene rings is 2. The fraction of sp³-hybridized carbons (Fsp3) is 0.485. The molecule has 10 nitrogen and oxygen atoms in total. The van der Waals surface area contributed by atoms with Crippen molar-refractivity contribution in [2.24, 2.45) is 0 Å². The number of pyridine rings is 1. The van der Waals surface area contributed by atoms with Crippen LogP contribution < -0.4 is 10.5 Å². The zero-order valence-electron chi connectivity index (χ0n) is 26.1. The molecule has 4 rings (SSSR count). The number of carbonyl (C=O) groups is 1. The van der Waals surface area contributed by atoms with E-state index >= 15 is 0 Å². The van der Waals surface area contributed by atoms with Crippen LogP contribution in [0.1, 0.15) is 38.6 Å². The average molecular weight is 591 g/mol. The number of esters is 1. The summed E-state index contributed by atoms with van der Waals surface area (Å²) in [6.45, 7) is 13.3. The molecule has 43 heavy (non-hydrogen) atoms. The summed E-state index contributed by atoms with van der Waals surface area (Å²) >= 11 is 0. The number of methoxy groups -OCH3 is 1. The van der Waals surface area contributed by atoms with E-state index in [2.05, 4.69) is 45.3 Å². The number of likely N-dealkylation sites (N-methyl/N-ethyl adjacent to an activating group) is 1. The summed E-state index contributed by atoms with van der Waals surface area (Å²) in [6.07, 6.45) is 1.60. The predicted molar refractivity (Wildman–Crippen MR) is 171 cm³/mol.